The predicted molar refractivity (Wildman–Crippen MR) is 127 cm³/mol. The first-order valence-corrected chi connectivity index (χ1v) is 11.9. The molecule has 0 aliphatic heterocycles. The van der Waals surface area contributed by atoms with Crippen LogP contribution in [0.1, 0.15) is 26.7 Å². The molecule has 8 heteroatoms. The number of aromatic nitrogens is 2. The maximum Gasteiger partial charge on any atom is 0.159 e. The fraction of sp³-hybridized carbons (Fsp3) is 0.300. The Hall–Kier alpha value is -1.29. The number of para-hydroxylation sites is 2. The van der Waals surface area contributed by atoms with E-state index in [1.165, 1.54) is 25.9 Å². The Bertz CT molecular complexity index is 923. The summed E-state index contributed by atoms with van der Waals surface area (Å²) >= 11 is 10.2. The van der Waals surface area contributed by atoms with Crippen molar-refractivity contribution in [3.8, 4) is 0 Å². The van der Waals surface area contributed by atoms with E-state index in [0.29, 0.717) is 6.61 Å². The molecular formula is C20H25N2O2S4-. The number of hydrogen-bond acceptors (Lipinski definition) is 7. The molecule has 0 aliphatic rings. The van der Waals surface area contributed by atoms with Crippen LogP contribution in [-0.2, 0) is 0 Å². The molecule has 0 spiro atoms. The zero-order chi connectivity index (χ0) is 19.5. The second-order valence-electron chi connectivity index (χ2n) is 5.53. The van der Waals surface area contributed by atoms with E-state index in [1.807, 2.05) is 43.0 Å². The van der Waals surface area contributed by atoms with Crippen LogP contribution in [0.25, 0.3) is 20.4 Å². The molecule has 152 valence electrons. The van der Waals surface area contributed by atoms with Crippen LogP contribution < -0.4 is 0 Å². The summed E-state index contributed by atoms with van der Waals surface area (Å²) in [7, 11) is 0. The zero-order valence-corrected chi connectivity index (χ0v) is 19.2. The van der Waals surface area contributed by atoms with Crippen molar-refractivity contribution in [2.45, 2.75) is 31.0 Å². The summed E-state index contributed by atoms with van der Waals surface area (Å²) in [6.07, 6.45) is 2.08. The van der Waals surface area contributed by atoms with Crippen molar-refractivity contribution in [1.29, 1.82) is 0 Å². The van der Waals surface area contributed by atoms with Gasteiger partial charge in [0.15, 0.2) is 8.29 Å². The van der Waals surface area contributed by atoms with Crippen molar-refractivity contribution >= 4 is 67.1 Å². The maximum atomic E-state index is 7.88. The lowest BCUT2D eigenvalue weighted by molar-refractivity contribution is 0.295. The highest BCUT2D eigenvalue weighted by atomic mass is 32.2. The van der Waals surface area contributed by atoms with Gasteiger partial charge in [0.25, 0.3) is 0 Å². The van der Waals surface area contributed by atoms with Gasteiger partial charge in [-0.2, -0.15) is 0 Å². The Labute approximate surface area is 183 Å². The molecule has 0 saturated heterocycles. The van der Waals surface area contributed by atoms with Gasteiger partial charge >= 0.3 is 0 Å². The summed E-state index contributed by atoms with van der Waals surface area (Å²) < 4.78 is 4.57. The third-order valence-electron chi connectivity index (χ3n) is 3.25. The van der Waals surface area contributed by atoms with Crippen molar-refractivity contribution in [3.05, 3.63) is 52.5 Å². The van der Waals surface area contributed by atoms with E-state index in [-0.39, 0.29) is 5.48 Å². The number of nitrogens with one attached hydrogen (secondary N) is 1. The molecule has 2 heterocycles. The van der Waals surface area contributed by atoms with E-state index >= 15 is 0 Å². The SMILES string of the molecule is CCCO.CCCSc1nc2ccccc2s1.S=c1[nH]c2ccccc2s1.[OH-]. The quantitative estimate of drug-likeness (QED) is 0.258. The van der Waals surface area contributed by atoms with E-state index in [4.69, 9.17) is 17.3 Å². The second-order valence-corrected chi connectivity index (χ2v) is 9.62. The smallest absolute Gasteiger partial charge is 0.159 e. The number of nitrogens with zero attached hydrogens (tertiary/aromatic N) is 1. The van der Waals surface area contributed by atoms with Crippen LogP contribution >= 0.6 is 46.7 Å². The number of fused-ring (bicyclic) bond motifs is 2. The number of benzene rings is 2. The molecule has 28 heavy (non-hydrogen) atoms. The van der Waals surface area contributed by atoms with Crippen LogP contribution in [0, 0.1) is 3.95 Å². The van der Waals surface area contributed by atoms with Gasteiger partial charge in [0.2, 0.25) is 0 Å². The lowest BCUT2D eigenvalue weighted by Gasteiger charge is -1.89. The molecule has 2 aromatic carbocycles. The van der Waals surface area contributed by atoms with Crippen LogP contribution in [-0.4, -0.2) is 32.9 Å². The van der Waals surface area contributed by atoms with Gasteiger partial charge in [-0.05, 0) is 49.3 Å². The van der Waals surface area contributed by atoms with Gasteiger partial charge in [0, 0.05) is 12.4 Å². The van der Waals surface area contributed by atoms with Crippen molar-refractivity contribution in [1.82, 2.24) is 9.97 Å². The van der Waals surface area contributed by atoms with Gasteiger partial charge < -0.3 is 15.6 Å². The van der Waals surface area contributed by atoms with Crippen molar-refractivity contribution in [2.75, 3.05) is 12.4 Å². The van der Waals surface area contributed by atoms with E-state index in [0.717, 1.165) is 21.4 Å². The van der Waals surface area contributed by atoms with Gasteiger partial charge in [-0.15, -0.1) is 22.7 Å². The Balaban J connectivity index is 0.000000234. The summed E-state index contributed by atoms with van der Waals surface area (Å²) in [5.41, 5.74) is 2.27. The lowest BCUT2D eigenvalue weighted by Crippen LogP contribution is -1.72. The molecular weight excluding hydrogens is 429 g/mol. The van der Waals surface area contributed by atoms with Crippen LogP contribution in [0.15, 0.2) is 52.9 Å². The summed E-state index contributed by atoms with van der Waals surface area (Å²) in [4.78, 5) is 7.62. The first kappa shape index (κ1) is 24.7. The average Bonchev–Trinajstić information content (AvgIpc) is 3.28. The highest BCUT2D eigenvalue weighted by Crippen LogP contribution is 2.29. The average molecular weight is 454 g/mol. The molecule has 3 N–H and O–H groups in total. The van der Waals surface area contributed by atoms with Crippen molar-refractivity contribution in [2.24, 2.45) is 0 Å². The number of rotatable bonds is 4. The first-order valence-electron chi connectivity index (χ1n) is 8.85. The van der Waals surface area contributed by atoms with Crippen molar-refractivity contribution in [3.63, 3.8) is 0 Å². The van der Waals surface area contributed by atoms with Crippen LogP contribution in [0.2, 0.25) is 0 Å². The maximum absolute atomic E-state index is 7.88. The van der Waals surface area contributed by atoms with E-state index < -0.39 is 0 Å². The standard InChI is InChI=1S/C10H11NS2.C7H5NS2.C3H8O.H2O/c1-2-7-12-10-11-8-5-3-4-6-9(8)13-10;9-7-8-5-3-1-2-4-6(5)10-7;1-2-3-4;/h3-6H,2,7H2,1H3;1-4H,(H,8,9);4H,2-3H2,1H3;1H2/p-1. The van der Waals surface area contributed by atoms with Crippen LogP contribution in [0.5, 0.6) is 0 Å². The minimum Gasteiger partial charge on any atom is -0.870 e. The van der Waals surface area contributed by atoms with Gasteiger partial charge in [-0.25, -0.2) is 4.98 Å². The van der Waals surface area contributed by atoms with E-state index in [2.05, 4.69) is 41.2 Å². The molecule has 0 radical (unpaired) electrons. The molecule has 0 saturated carbocycles. The third kappa shape index (κ3) is 7.98. The number of aliphatic hydroxyl groups excluding tert-OH is 1. The molecule has 4 rings (SSSR count). The van der Waals surface area contributed by atoms with Gasteiger partial charge in [0.1, 0.15) is 0 Å². The largest absolute Gasteiger partial charge is 0.870 e. The molecule has 4 nitrogen and oxygen atoms in total. The highest BCUT2D eigenvalue weighted by molar-refractivity contribution is 8.01. The van der Waals surface area contributed by atoms with Crippen LogP contribution in [0.4, 0.5) is 0 Å². The number of thioether (sulfide) groups is 1. The topological polar surface area (TPSA) is 78.9 Å². The molecule has 0 amide bonds. The fourth-order valence-corrected chi connectivity index (χ4v) is 5.11. The minimum atomic E-state index is 0. The monoisotopic (exact) mass is 453 g/mol. The number of thiazole rings is 2. The summed E-state index contributed by atoms with van der Waals surface area (Å²) in [6, 6.07) is 16.4. The summed E-state index contributed by atoms with van der Waals surface area (Å²) in [5.74, 6) is 1.17. The number of hydrogen-bond donors (Lipinski definition) is 2. The molecule has 0 unspecified atom stereocenters. The minimum absolute atomic E-state index is 0. The second kappa shape index (κ2) is 13.8. The fourth-order valence-electron chi connectivity index (χ4n) is 2.00. The third-order valence-corrected chi connectivity index (χ3v) is 6.85. The number of H-pyrrole nitrogens is 1. The summed E-state index contributed by atoms with van der Waals surface area (Å²) in [5, 5.41) is 7.88. The highest BCUT2D eigenvalue weighted by Gasteiger charge is 2.01. The Morgan fingerprint density at radius 2 is 1.64 bits per heavy atom. The Kier molecular flexibility index (Phi) is 12.2. The van der Waals surface area contributed by atoms with Crippen molar-refractivity contribution < 1.29 is 10.6 Å². The molecule has 0 bridgehead atoms. The molecule has 2 aromatic heterocycles. The lowest BCUT2D eigenvalue weighted by atomic mass is 10.3. The normalized spacial score (nSPS) is 9.82. The van der Waals surface area contributed by atoms with Gasteiger partial charge in [-0.1, -0.05) is 49.9 Å². The predicted octanol–water partition coefficient (Wildman–Crippen LogP) is 6.97. The molecule has 0 atom stereocenters. The van der Waals surface area contributed by atoms with E-state index in [1.54, 1.807) is 22.7 Å². The zero-order valence-electron chi connectivity index (χ0n) is 15.9. The first-order chi connectivity index (χ1) is 13.2. The van der Waals surface area contributed by atoms with E-state index in [9.17, 15) is 0 Å². The van der Waals surface area contributed by atoms with Crippen LogP contribution in [0.3, 0.4) is 0 Å². The van der Waals surface area contributed by atoms with Gasteiger partial charge in [0.05, 0.1) is 20.4 Å². The van der Waals surface area contributed by atoms with Gasteiger partial charge in [-0.3, -0.25) is 0 Å². The molecule has 4 aromatic rings. The Morgan fingerprint density at radius 3 is 2.25 bits per heavy atom. The molecule has 0 aliphatic carbocycles. The Morgan fingerprint density at radius 1 is 1.00 bits per heavy atom. The number of aliphatic hydroxyl groups is 1. The molecule has 0 fully saturated rings. The summed E-state index contributed by atoms with van der Waals surface area (Å²) in [6.45, 7) is 4.44. The number of aromatic amines is 1.